The van der Waals surface area contributed by atoms with Gasteiger partial charge in [-0.2, -0.15) is 0 Å². The Labute approximate surface area is 234 Å². The van der Waals surface area contributed by atoms with Crippen molar-refractivity contribution >= 4 is 12.0 Å². The molecule has 0 heterocycles. The summed E-state index contributed by atoms with van der Waals surface area (Å²) in [6.07, 6.45) is 2.57. The number of alkyl halides is 2. The third kappa shape index (κ3) is 6.85. The maximum atomic E-state index is 13.8. The second-order valence-electron chi connectivity index (χ2n) is 10.9. The van der Waals surface area contributed by atoms with Gasteiger partial charge in [0, 0.05) is 24.9 Å². The minimum Gasteiger partial charge on any atom is -0.493 e. The number of hydrogen-bond acceptors (Lipinski definition) is 4. The lowest BCUT2D eigenvalue weighted by atomic mass is 9.73. The number of carbonyl (C=O) groups is 2. The van der Waals surface area contributed by atoms with Crippen LogP contribution in [0.25, 0.3) is 0 Å². The van der Waals surface area contributed by atoms with Crippen molar-refractivity contribution in [3.63, 3.8) is 0 Å². The number of urea groups is 1. The van der Waals surface area contributed by atoms with Gasteiger partial charge in [-0.25, -0.2) is 18.4 Å². The van der Waals surface area contributed by atoms with Crippen molar-refractivity contribution in [3.05, 3.63) is 59.2 Å². The van der Waals surface area contributed by atoms with Gasteiger partial charge in [0.15, 0.2) is 5.54 Å². The molecule has 2 saturated carbocycles. The van der Waals surface area contributed by atoms with Crippen molar-refractivity contribution in [3.8, 4) is 11.5 Å². The highest BCUT2D eigenvalue weighted by atomic mass is 19.3. The topological polar surface area (TPSA) is 88.1 Å². The van der Waals surface area contributed by atoms with Crippen LogP contribution in [-0.2, 0) is 11.2 Å². The SMILES string of the molecule is CCOc1cc(C(C)N(CCCCc2ccccc2)C(=O)NC2(C(=O)O)CC(F)(F)C2)cc(OCC)c1C1CC1. The van der Waals surface area contributed by atoms with E-state index in [1.54, 1.807) is 4.90 Å². The molecular weight excluding hydrogens is 518 g/mol. The Bertz CT molecular complexity index is 1150. The van der Waals surface area contributed by atoms with Crippen molar-refractivity contribution in [1.29, 1.82) is 0 Å². The van der Waals surface area contributed by atoms with Crippen LogP contribution in [-0.4, -0.2) is 53.2 Å². The first-order valence-electron chi connectivity index (χ1n) is 14.3. The molecule has 0 aliphatic heterocycles. The molecule has 2 aliphatic carbocycles. The van der Waals surface area contributed by atoms with Crippen molar-refractivity contribution in [2.24, 2.45) is 0 Å². The van der Waals surface area contributed by atoms with Gasteiger partial charge in [0.2, 0.25) is 0 Å². The van der Waals surface area contributed by atoms with Gasteiger partial charge in [-0.05, 0) is 82.1 Å². The minimum absolute atomic E-state index is 0.324. The molecule has 7 nitrogen and oxygen atoms in total. The fourth-order valence-corrected chi connectivity index (χ4v) is 5.49. The first-order chi connectivity index (χ1) is 19.1. The molecule has 0 bridgehead atoms. The van der Waals surface area contributed by atoms with Gasteiger partial charge < -0.3 is 24.8 Å². The van der Waals surface area contributed by atoms with Crippen molar-refractivity contribution in [2.75, 3.05) is 19.8 Å². The summed E-state index contributed by atoms with van der Waals surface area (Å²) < 4.78 is 39.5. The number of amides is 2. The molecule has 2 amide bonds. The average molecular weight is 559 g/mol. The molecule has 1 atom stereocenters. The molecule has 4 rings (SSSR count). The van der Waals surface area contributed by atoms with Crippen LogP contribution in [0, 0.1) is 0 Å². The maximum Gasteiger partial charge on any atom is 0.329 e. The molecule has 2 aromatic rings. The number of aryl methyl sites for hydroxylation is 1. The summed E-state index contributed by atoms with van der Waals surface area (Å²) in [7, 11) is 0. The molecule has 2 N–H and O–H groups in total. The quantitative estimate of drug-likeness (QED) is 0.252. The van der Waals surface area contributed by atoms with Crippen molar-refractivity contribution in [2.45, 2.75) is 89.1 Å². The number of rotatable bonds is 14. The highest BCUT2D eigenvalue weighted by Gasteiger charge is 2.62. The van der Waals surface area contributed by atoms with E-state index >= 15 is 0 Å². The lowest BCUT2D eigenvalue weighted by Crippen LogP contribution is -2.68. The second-order valence-corrected chi connectivity index (χ2v) is 10.9. The zero-order valence-corrected chi connectivity index (χ0v) is 23.6. The van der Waals surface area contributed by atoms with Crippen molar-refractivity contribution in [1.82, 2.24) is 10.2 Å². The van der Waals surface area contributed by atoms with Gasteiger partial charge in [-0.3, -0.25) is 0 Å². The van der Waals surface area contributed by atoms with E-state index in [4.69, 9.17) is 9.47 Å². The minimum atomic E-state index is -3.12. The Kier molecular flexibility index (Phi) is 9.21. The zero-order valence-electron chi connectivity index (χ0n) is 23.6. The van der Waals surface area contributed by atoms with E-state index < -0.39 is 42.3 Å². The molecule has 0 saturated heterocycles. The largest absolute Gasteiger partial charge is 0.493 e. The summed E-state index contributed by atoms with van der Waals surface area (Å²) >= 11 is 0. The number of nitrogens with zero attached hydrogens (tertiary/aromatic N) is 1. The van der Waals surface area contributed by atoms with E-state index in [0.29, 0.717) is 32.1 Å². The lowest BCUT2D eigenvalue weighted by Gasteiger charge is -2.45. The second kappa shape index (κ2) is 12.4. The third-order valence-electron chi connectivity index (χ3n) is 7.76. The van der Waals surface area contributed by atoms with E-state index in [1.807, 2.05) is 63.2 Å². The summed E-state index contributed by atoms with van der Waals surface area (Å²) in [5, 5.41) is 12.2. The molecule has 2 aliphatic rings. The fraction of sp³-hybridized carbons (Fsp3) is 0.548. The molecular formula is C31H40F2N2O5. The molecule has 0 radical (unpaired) electrons. The van der Waals surface area contributed by atoms with E-state index in [2.05, 4.69) is 5.32 Å². The molecule has 9 heteroatoms. The summed E-state index contributed by atoms with van der Waals surface area (Å²) in [5.41, 5.74) is 1.02. The molecule has 2 fully saturated rings. The van der Waals surface area contributed by atoms with Gasteiger partial charge in [0.1, 0.15) is 11.5 Å². The first-order valence-corrected chi connectivity index (χ1v) is 14.3. The normalized spacial score (nSPS) is 17.8. The van der Waals surface area contributed by atoms with E-state index in [1.165, 1.54) is 5.56 Å². The van der Waals surface area contributed by atoms with Crippen molar-refractivity contribution < 1.29 is 33.0 Å². The standard InChI is InChI=1S/C31H40F2N2O5/c1-4-39-25-17-24(18-26(40-5-2)27(25)23-14-15-23)21(3)35(16-10-9-13-22-11-7-6-8-12-22)29(38)34-30(28(36)37)19-31(32,33)20-30/h6-8,11-12,17-18,21,23H,4-5,9-10,13-16,19-20H2,1-3H3,(H,34,38)(H,36,37). The van der Waals surface area contributed by atoms with Gasteiger partial charge >= 0.3 is 12.0 Å². The number of halogens is 2. The van der Waals surface area contributed by atoms with Gasteiger partial charge in [-0.1, -0.05) is 30.3 Å². The zero-order chi connectivity index (χ0) is 28.9. The van der Waals surface area contributed by atoms with Gasteiger partial charge in [0.25, 0.3) is 5.92 Å². The fourth-order valence-electron chi connectivity index (χ4n) is 5.49. The van der Waals surface area contributed by atoms with E-state index in [0.717, 1.165) is 48.3 Å². The van der Waals surface area contributed by atoms with Crippen LogP contribution in [0.15, 0.2) is 42.5 Å². The highest BCUT2D eigenvalue weighted by Crippen LogP contribution is 2.50. The summed E-state index contributed by atoms with van der Waals surface area (Å²) in [5.74, 6) is -2.74. The van der Waals surface area contributed by atoms with Crippen LogP contribution in [0.3, 0.4) is 0 Å². The van der Waals surface area contributed by atoms with Gasteiger partial charge in [0.05, 0.1) is 19.3 Å². The Hall–Kier alpha value is -3.36. The molecule has 2 aromatic carbocycles. The monoisotopic (exact) mass is 558 g/mol. The Morgan fingerprint density at radius 1 is 1.05 bits per heavy atom. The number of carboxylic acids is 1. The summed E-state index contributed by atoms with van der Waals surface area (Å²) in [6, 6.07) is 12.7. The number of benzene rings is 2. The van der Waals surface area contributed by atoms with E-state index in [-0.39, 0.29) is 0 Å². The number of hydrogen-bond donors (Lipinski definition) is 2. The predicted molar refractivity (Wildman–Crippen MR) is 148 cm³/mol. The summed E-state index contributed by atoms with van der Waals surface area (Å²) in [4.78, 5) is 27.1. The van der Waals surface area contributed by atoms with Crippen LogP contribution in [0.4, 0.5) is 13.6 Å². The molecule has 0 aromatic heterocycles. The predicted octanol–water partition coefficient (Wildman–Crippen LogP) is 6.71. The molecule has 218 valence electrons. The smallest absolute Gasteiger partial charge is 0.329 e. The molecule has 0 spiro atoms. The van der Waals surface area contributed by atoms with Gasteiger partial charge in [-0.15, -0.1) is 0 Å². The maximum absolute atomic E-state index is 13.8. The average Bonchev–Trinajstić information content (AvgIpc) is 3.73. The van der Waals surface area contributed by atoms with Crippen LogP contribution in [0.2, 0.25) is 0 Å². The lowest BCUT2D eigenvalue weighted by molar-refractivity contribution is -0.175. The number of unbranched alkanes of at least 4 members (excludes halogenated alkanes) is 1. The number of carbonyl (C=O) groups excluding carboxylic acids is 1. The third-order valence-corrected chi connectivity index (χ3v) is 7.76. The van der Waals surface area contributed by atoms with Crippen LogP contribution < -0.4 is 14.8 Å². The van der Waals surface area contributed by atoms with E-state index in [9.17, 15) is 23.5 Å². The highest BCUT2D eigenvalue weighted by molar-refractivity contribution is 5.88. The Morgan fingerprint density at radius 3 is 2.15 bits per heavy atom. The summed E-state index contributed by atoms with van der Waals surface area (Å²) in [6.45, 7) is 6.96. The number of nitrogens with one attached hydrogen (secondary N) is 1. The molecule has 1 unspecified atom stereocenters. The van der Waals surface area contributed by atoms with Crippen LogP contribution in [0.1, 0.15) is 87.9 Å². The van der Waals surface area contributed by atoms with Crippen LogP contribution in [0.5, 0.6) is 11.5 Å². The number of carboxylic acid groups (broad SMARTS) is 1. The Morgan fingerprint density at radius 2 is 1.65 bits per heavy atom. The first kappa shape index (κ1) is 29.6. The van der Waals surface area contributed by atoms with Crippen LogP contribution >= 0.6 is 0 Å². The molecule has 40 heavy (non-hydrogen) atoms. The number of ether oxygens (including phenoxy) is 2. The number of aliphatic carboxylic acids is 1. The Balaban J connectivity index is 1.59.